The van der Waals surface area contributed by atoms with Gasteiger partial charge in [0, 0.05) is 0 Å². The van der Waals surface area contributed by atoms with E-state index in [4.69, 9.17) is 28.4 Å². The van der Waals surface area contributed by atoms with E-state index >= 15 is 4.39 Å². The van der Waals surface area contributed by atoms with Crippen LogP contribution in [0.2, 0.25) is 0 Å². The van der Waals surface area contributed by atoms with Crippen molar-refractivity contribution in [2.24, 2.45) is 28.6 Å². The van der Waals surface area contributed by atoms with Crippen LogP contribution in [0.4, 0.5) is 18.4 Å². The average Bonchev–Trinajstić information content (AvgIpc) is 3.50. The van der Waals surface area contributed by atoms with E-state index < -0.39 is 65.4 Å². The summed E-state index contributed by atoms with van der Waals surface area (Å²) in [5, 5.41) is 2.43. The van der Waals surface area contributed by atoms with Gasteiger partial charge in [0.15, 0.2) is 0 Å². The Labute approximate surface area is 294 Å². The normalized spacial score (nSPS) is 34.2. The molecule has 1 heterocycles. The van der Waals surface area contributed by atoms with Crippen LogP contribution < -0.4 is 26.5 Å². The molecule has 1 saturated heterocycles. The Hall–Kier alpha value is -3.27. The van der Waals surface area contributed by atoms with Crippen LogP contribution in [0, 0.1) is 34.4 Å². The Bertz CT molecular complexity index is 1470. The fraction of sp³-hybridized carbons (Fsp3) is 0.600. The van der Waals surface area contributed by atoms with Crippen LogP contribution in [0.3, 0.4) is 0 Å². The fourth-order valence-corrected chi connectivity index (χ4v) is 12.7. The molecule has 270 valence electrons. The molecular weight excluding hydrogens is 759 g/mol. The van der Waals surface area contributed by atoms with E-state index in [0.29, 0.717) is 17.9 Å². The van der Waals surface area contributed by atoms with Gasteiger partial charge < -0.3 is 9.47 Å². The third-order valence-electron chi connectivity index (χ3n) is 10.9. The minimum Gasteiger partial charge on any atom is -0.459 e. The van der Waals surface area contributed by atoms with Gasteiger partial charge in [0.05, 0.1) is 6.61 Å². The van der Waals surface area contributed by atoms with E-state index in [1.807, 2.05) is 0 Å². The number of benzene rings is 1. The number of esters is 2. The van der Waals surface area contributed by atoms with Gasteiger partial charge in [0.2, 0.25) is 0 Å². The number of nitrogens with one attached hydrogen (secondary N) is 1. The minimum atomic E-state index is -2.70. The van der Waals surface area contributed by atoms with Gasteiger partial charge in [0.25, 0.3) is 0 Å². The Morgan fingerprint density at radius 2 is 1.67 bits per heavy atom. The van der Waals surface area contributed by atoms with Crippen LogP contribution >= 0.6 is 0 Å². The maximum absolute atomic E-state index is 16.5. The number of halogens is 3. The first-order chi connectivity index (χ1) is 23.1. The van der Waals surface area contributed by atoms with E-state index in [0.717, 1.165) is 8.86 Å². The zero-order chi connectivity index (χ0) is 35.8. The molecule has 1 aliphatic heterocycles. The molecule has 3 saturated carbocycles. The second-order valence-electron chi connectivity index (χ2n) is 13.8. The van der Waals surface area contributed by atoms with Crippen molar-refractivity contribution in [3.63, 3.8) is 0 Å². The number of fused-ring (bicyclic) bond motifs is 3. The van der Waals surface area contributed by atoms with Crippen molar-refractivity contribution >= 4 is 24.2 Å². The van der Waals surface area contributed by atoms with Gasteiger partial charge in [-0.1, -0.05) is 37.4 Å². The monoisotopic (exact) mass is 802 g/mol. The van der Waals surface area contributed by atoms with Gasteiger partial charge in [0.1, 0.15) is 19.0 Å². The summed E-state index contributed by atoms with van der Waals surface area (Å²) in [7, 11) is 0. The topological polar surface area (TPSA) is 136 Å². The molecule has 9 atom stereocenters. The van der Waals surface area contributed by atoms with Crippen LogP contribution in [-0.2, 0) is 44.6 Å². The van der Waals surface area contributed by atoms with Crippen LogP contribution in [0.25, 0.3) is 0 Å². The van der Waals surface area contributed by atoms with Crippen molar-refractivity contribution < 1.29 is 77.6 Å². The van der Waals surface area contributed by atoms with Crippen molar-refractivity contribution in [2.45, 2.75) is 76.8 Å². The van der Waals surface area contributed by atoms with Crippen molar-refractivity contribution in [1.29, 1.82) is 0 Å². The summed E-state index contributed by atoms with van der Waals surface area (Å²) in [6, 6.07) is 5.37. The predicted octanol–water partition coefficient (Wildman–Crippen LogP) is 2.02. The molecule has 1 aromatic rings. The number of carbonyl (C=O) groups excluding carboxylic acids is 4. The maximum atomic E-state index is 16.5. The number of rotatable bonds is 13. The molecule has 5 rings (SSSR count). The Morgan fingerprint density at radius 3 is 2.33 bits per heavy atom. The first-order valence-electron chi connectivity index (χ1n) is 16.2. The summed E-state index contributed by atoms with van der Waals surface area (Å²) in [4.78, 5) is 53.2. The number of ether oxygens (including phenoxy) is 6. The SMILES string of the molecule is C=CCOC(=O)N[C@@]1(C(=O)OC(C)OC(=O)O[C@H]2C[C@H]3C[I-]C[C@]2(C)C3(C)C)[C@H](OCc2ccc(F)cc2)C[C@@H]2[C@H]1[C@@]2(F)C(=O)OCC=C. The average molecular weight is 803 g/mol. The van der Waals surface area contributed by atoms with Gasteiger partial charge in [-0.25, -0.2) is 18.4 Å². The van der Waals surface area contributed by atoms with Crippen LogP contribution in [0.5, 0.6) is 0 Å². The molecule has 49 heavy (non-hydrogen) atoms. The number of carbonyl (C=O) groups is 4. The van der Waals surface area contributed by atoms with E-state index in [1.54, 1.807) is 0 Å². The molecule has 1 unspecified atom stereocenters. The number of hydrogen-bond donors (Lipinski definition) is 1. The molecule has 4 fully saturated rings. The first kappa shape index (κ1) is 37.0. The summed E-state index contributed by atoms with van der Waals surface area (Å²) in [5.74, 6) is -5.14. The van der Waals surface area contributed by atoms with E-state index in [9.17, 15) is 23.6 Å². The number of amides is 1. The standard InChI is InChI=1S/C35H43F2INO10/c1-7-13-44-28(40)34(37)24-16-26(46-18-21-9-11-23(36)12-10-21)35(27(24)34,39-30(42)45-14-8-2)29(41)47-20(3)48-31(43)49-25-15-22-17-38-19-33(25,6)32(22,4)5/h7-12,20,22,24-27H,1-2,13-19H2,3-6H3,(H,39,42)/q-1/t20?,22-,24+,25-,26+,27-,33-,34+,35-/m0/s1. The molecule has 14 heteroatoms. The van der Waals surface area contributed by atoms with Gasteiger partial charge in [-0.2, -0.15) is 0 Å². The van der Waals surface area contributed by atoms with Crippen molar-refractivity contribution in [1.82, 2.24) is 5.32 Å². The third kappa shape index (κ3) is 6.66. The summed E-state index contributed by atoms with van der Waals surface area (Å²) in [5.41, 5.74) is -4.75. The molecule has 2 bridgehead atoms. The molecule has 0 aromatic heterocycles. The quantitative estimate of drug-likeness (QED) is 0.0789. The molecule has 0 radical (unpaired) electrons. The van der Waals surface area contributed by atoms with Gasteiger partial charge in [-0.15, -0.1) is 0 Å². The molecule has 4 aliphatic rings. The summed E-state index contributed by atoms with van der Waals surface area (Å²) >= 11 is -0.00895. The number of alkyl carbamates (subject to hydrolysis) is 1. The molecule has 3 aliphatic carbocycles. The molecule has 11 nitrogen and oxygen atoms in total. The summed E-state index contributed by atoms with van der Waals surface area (Å²) < 4.78 is 65.1. The van der Waals surface area contributed by atoms with E-state index in [1.165, 1.54) is 43.3 Å². The van der Waals surface area contributed by atoms with Crippen LogP contribution in [0.1, 0.15) is 46.1 Å². The Balaban J connectivity index is 1.38. The van der Waals surface area contributed by atoms with Crippen LogP contribution in [-0.4, -0.2) is 76.0 Å². The van der Waals surface area contributed by atoms with Gasteiger partial charge in [-0.05, 0) is 17.7 Å². The third-order valence-corrected chi connectivity index (χ3v) is 14.7. The Morgan fingerprint density at radius 1 is 1.00 bits per heavy atom. The molecule has 1 N–H and O–H groups in total. The zero-order valence-corrected chi connectivity index (χ0v) is 30.2. The predicted molar refractivity (Wildman–Crippen MR) is 166 cm³/mol. The van der Waals surface area contributed by atoms with Crippen LogP contribution in [0.15, 0.2) is 49.6 Å². The summed E-state index contributed by atoms with van der Waals surface area (Å²) in [6.07, 6.45) is -2.30. The minimum absolute atomic E-state index is 0.00895. The second-order valence-corrected chi connectivity index (χ2v) is 16.5. The summed E-state index contributed by atoms with van der Waals surface area (Å²) in [6.45, 7) is 14.1. The molecule has 0 spiro atoms. The molecule has 1 aromatic carbocycles. The van der Waals surface area contributed by atoms with Gasteiger partial charge >= 0.3 is 187 Å². The Kier molecular flexibility index (Phi) is 10.7. The van der Waals surface area contributed by atoms with Crippen molar-refractivity contribution in [3.05, 3.63) is 61.0 Å². The number of alkyl halides is 3. The first-order valence-corrected chi connectivity index (χ1v) is 19.2. The van der Waals surface area contributed by atoms with Gasteiger partial charge in [-0.3, -0.25) is 0 Å². The van der Waals surface area contributed by atoms with E-state index in [-0.39, 0.29) is 64.4 Å². The molecular formula is C35H43F2INO10-. The second kappa shape index (κ2) is 14.2. The number of hydrogen-bond acceptors (Lipinski definition) is 10. The van der Waals surface area contributed by atoms with Crippen molar-refractivity contribution in [2.75, 3.05) is 22.1 Å². The fourth-order valence-electron chi connectivity index (χ4n) is 7.63. The molecule has 1 amide bonds. The zero-order valence-electron chi connectivity index (χ0n) is 28.0. The van der Waals surface area contributed by atoms with E-state index in [2.05, 4.69) is 39.2 Å². The van der Waals surface area contributed by atoms with Crippen molar-refractivity contribution in [3.8, 4) is 0 Å². The smallest absolute Gasteiger partial charge is 0.459 e.